The largest absolute Gasteiger partial charge is 0.762 e. The van der Waals surface area contributed by atoms with Gasteiger partial charge in [0.15, 0.2) is 4.90 Å². The van der Waals surface area contributed by atoms with Crippen LogP contribution < -0.4 is 4.18 Å². The SMILES string of the molecule is CC1=CC(C)=N/C1=C(/c1cccc(OS(=O)(=O)c2ccc([N+](=O)[O-])cc2[N+](=O)[O-])c1)c1[nH]c(C)cc1C.FB(F)F. The predicted octanol–water partition coefficient (Wildman–Crippen LogP) is 6.28. The van der Waals surface area contributed by atoms with E-state index in [1.807, 2.05) is 39.8 Å². The third-order valence-electron chi connectivity index (χ3n) is 5.67. The Bertz CT molecular complexity index is 1730. The van der Waals surface area contributed by atoms with E-state index in [1.54, 1.807) is 12.1 Å². The molecule has 41 heavy (non-hydrogen) atoms. The molecule has 1 aromatic heterocycles. The van der Waals surface area contributed by atoms with Gasteiger partial charge in [-0.2, -0.15) is 8.42 Å². The number of rotatable bonds is 7. The summed E-state index contributed by atoms with van der Waals surface area (Å²) < 4.78 is 60.3. The monoisotopic (exact) mass is 590 g/mol. The molecule has 0 saturated carbocycles. The number of nitrogens with one attached hydrogen (secondary N) is 1. The van der Waals surface area contributed by atoms with Gasteiger partial charge in [-0.15, -0.1) is 0 Å². The van der Waals surface area contributed by atoms with E-state index in [0.29, 0.717) is 17.3 Å². The van der Waals surface area contributed by atoms with E-state index in [4.69, 9.17) is 4.18 Å². The second-order valence-electron chi connectivity index (χ2n) is 8.79. The van der Waals surface area contributed by atoms with E-state index in [-0.39, 0.29) is 5.75 Å². The molecule has 0 atom stereocenters. The van der Waals surface area contributed by atoms with Crippen LogP contribution in [-0.4, -0.2) is 36.5 Å². The van der Waals surface area contributed by atoms with Crippen molar-refractivity contribution in [1.29, 1.82) is 0 Å². The molecule has 214 valence electrons. The van der Waals surface area contributed by atoms with Crippen molar-refractivity contribution in [1.82, 2.24) is 4.98 Å². The summed E-state index contributed by atoms with van der Waals surface area (Å²) in [4.78, 5) is 27.8. The first kappa shape index (κ1) is 30.8. The lowest BCUT2D eigenvalue weighted by Crippen LogP contribution is -2.12. The van der Waals surface area contributed by atoms with Crippen LogP contribution in [0, 0.1) is 34.1 Å². The van der Waals surface area contributed by atoms with Crippen LogP contribution in [0.1, 0.15) is 36.4 Å². The molecule has 0 unspecified atom stereocenters. The number of aromatic nitrogens is 1. The van der Waals surface area contributed by atoms with E-state index in [9.17, 15) is 41.6 Å². The van der Waals surface area contributed by atoms with Gasteiger partial charge >= 0.3 is 17.7 Å². The minimum atomic E-state index is -4.71. The zero-order valence-electron chi connectivity index (χ0n) is 22.0. The van der Waals surface area contributed by atoms with Crippen molar-refractivity contribution < 1.29 is 35.4 Å². The van der Waals surface area contributed by atoms with E-state index in [2.05, 4.69) is 9.98 Å². The molecule has 1 aliphatic heterocycles. The number of nitro groups is 2. The summed E-state index contributed by atoms with van der Waals surface area (Å²) in [7, 11) is -8.37. The van der Waals surface area contributed by atoms with E-state index < -0.39 is 43.8 Å². The number of benzene rings is 2. The lowest BCUT2D eigenvalue weighted by atomic mass is 9.96. The number of aromatic amines is 1. The maximum Gasteiger partial charge on any atom is 0.762 e. The number of H-pyrrole nitrogens is 1. The molecule has 0 saturated heterocycles. The standard InChI is InChI=1S/C25H22N4O7S.BF3/c1-14-10-16(3)26-24(14)23(25-15(2)11-17(4)27-25)18-6-5-7-20(12-18)36-37(34,35)22-9-8-19(28(30)31)13-21(22)29(32)33;2-1(3)4/h5-13,26H,1-4H3;/b25-23-;. The zero-order valence-corrected chi connectivity index (χ0v) is 22.8. The highest BCUT2D eigenvalue weighted by Crippen LogP contribution is 2.37. The summed E-state index contributed by atoms with van der Waals surface area (Å²) in [5.74, 6) is -0.0930. The van der Waals surface area contributed by atoms with Crippen LogP contribution in [0.4, 0.5) is 24.3 Å². The Labute approximate surface area is 232 Å². The Balaban J connectivity index is 0.00000108. The highest BCUT2D eigenvalue weighted by Gasteiger charge is 2.31. The molecule has 11 nitrogen and oxygen atoms in total. The maximum absolute atomic E-state index is 13.0. The molecule has 16 heteroatoms. The minimum absolute atomic E-state index is 0.0930. The van der Waals surface area contributed by atoms with Crippen molar-refractivity contribution in [3.05, 3.63) is 109 Å². The van der Waals surface area contributed by atoms with Gasteiger partial charge in [0.25, 0.3) is 11.4 Å². The molecule has 0 spiro atoms. The van der Waals surface area contributed by atoms with Crippen LogP contribution in [0.5, 0.6) is 5.75 Å². The fourth-order valence-corrected chi connectivity index (χ4v) is 5.24. The van der Waals surface area contributed by atoms with Crippen molar-refractivity contribution in [3.8, 4) is 5.75 Å². The lowest BCUT2D eigenvalue weighted by Gasteiger charge is -2.14. The molecule has 1 N–H and O–H groups in total. The summed E-state index contributed by atoms with van der Waals surface area (Å²) in [6.45, 7) is 7.68. The van der Waals surface area contributed by atoms with Gasteiger partial charge < -0.3 is 9.17 Å². The van der Waals surface area contributed by atoms with Gasteiger partial charge in [-0.3, -0.25) is 38.2 Å². The van der Waals surface area contributed by atoms with Gasteiger partial charge in [-0.25, -0.2) is 0 Å². The Morgan fingerprint density at radius 2 is 1.63 bits per heavy atom. The highest BCUT2D eigenvalue weighted by atomic mass is 32.2. The van der Waals surface area contributed by atoms with Crippen molar-refractivity contribution in [3.63, 3.8) is 0 Å². The number of hydrogen-bond acceptors (Lipinski definition) is 8. The van der Waals surface area contributed by atoms with Crippen molar-refractivity contribution in [2.75, 3.05) is 0 Å². The zero-order chi connectivity index (χ0) is 30.6. The van der Waals surface area contributed by atoms with Crippen molar-refractivity contribution >= 4 is 40.3 Å². The molecule has 0 aliphatic carbocycles. The van der Waals surface area contributed by atoms with Gasteiger partial charge in [-0.05, 0) is 74.7 Å². The second kappa shape index (κ2) is 12.2. The molecule has 1 aliphatic rings. The Hall–Kier alpha value is -4.73. The molecule has 0 amide bonds. The van der Waals surface area contributed by atoms with Crippen LogP contribution >= 0.6 is 0 Å². The average Bonchev–Trinajstić information content (AvgIpc) is 3.37. The second-order valence-corrected chi connectivity index (χ2v) is 10.3. The molecule has 4 rings (SSSR count). The van der Waals surface area contributed by atoms with E-state index >= 15 is 0 Å². The molecular formula is C25H22BF3N4O7S. The van der Waals surface area contributed by atoms with Crippen LogP contribution in [0.15, 0.2) is 75.8 Å². The van der Waals surface area contributed by atoms with Crippen LogP contribution in [0.3, 0.4) is 0 Å². The number of nitro benzene ring substituents is 2. The average molecular weight is 590 g/mol. The smallest absolute Gasteiger partial charge is 0.379 e. The fourth-order valence-electron chi connectivity index (χ4n) is 4.17. The van der Waals surface area contributed by atoms with Crippen LogP contribution in [0.25, 0.3) is 5.57 Å². The molecule has 3 aromatic rings. The van der Waals surface area contributed by atoms with Gasteiger partial charge in [0.2, 0.25) is 0 Å². The summed E-state index contributed by atoms with van der Waals surface area (Å²) in [6, 6.07) is 10.5. The number of halogens is 3. The number of aliphatic imine (C=N–C) groups is 1. The van der Waals surface area contributed by atoms with Gasteiger partial charge in [0.05, 0.1) is 27.3 Å². The first-order valence-electron chi connectivity index (χ1n) is 11.7. The number of hydrogen-bond donors (Lipinski definition) is 1. The molecule has 0 radical (unpaired) electrons. The Morgan fingerprint density at radius 1 is 0.976 bits per heavy atom. The predicted molar refractivity (Wildman–Crippen MR) is 146 cm³/mol. The number of nitrogens with zero attached hydrogens (tertiary/aromatic N) is 3. The number of non-ortho nitro benzene ring substituents is 1. The minimum Gasteiger partial charge on any atom is -0.379 e. The third kappa shape index (κ3) is 7.27. The van der Waals surface area contributed by atoms with Crippen LogP contribution in [-0.2, 0) is 10.1 Å². The quantitative estimate of drug-likeness (QED) is 0.147. The van der Waals surface area contributed by atoms with Gasteiger partial charge in [0, 0.05) is 23.0 Å². The maximum atomic E-state index is 13.0. The Morgan fingerprint density at radius 3 is 2.15 bits per heavy atom. The van der Waals surface area contributed by atoms with Gasteiger partial charge in [0.1, 0.15) is 5.75 Å². The normalized spacial score (nSPS) is 13.9. The third-order valence-corrected chi connectivity index (χ3v) is 6.97. The Kier molecular flexibility index (Phi) is 9.17. The lowest BCUT2D eigenvalue weighted by molar-refractivity contribution is -0.396. The van der Waals surface area contributed by atoms with Gasteiger partial charge in [-0.1, -0.05) is 12.1 Å². The topological polar surface area (TPSA) is 158 Å². The molecule has 2 heterocycles. The highest BCUT2D eigenvalue weighted by molar-refractivity contribution is 7.87. The number of aryl methyl sites for hydroxylation is 2. The first-order valence-corrected chi connectivity index (χ1v) is 13.1. The number of allylic oxidation sites excluding steroid dienone is 2. The first-order chi connectivity index (χ1) is 19.1. The summed E-state index contributed by atoms with van der Waals surface area (Å²) >= 11 is 0. The fraction of sp³-hybridized carbons (Fsp3) is 0.160. The summed E-state index contributed by atoms with van der Waals surface area (Å²) in [6.07, 6.45) is 1.94. The van der Waals surface area contributed by atoms with Crippen LogP contribution in [0.2, 0.25) is 0 Å². The van der Waals surface area contributed by atoms with E-state index in [1.165, 1.54) is 12.1 Å². The molecule has 0 fully saturated rings. The summed E-state index contributed by atoms with van der Waals surface area (Å²) in [5.41, 5.74) is 4.96. The van der Waals surface area contributed by atoms with Crippen molar-refractivity contribution in [2.45, 2.75) is 32.6 Å². The molecular weight excluding hydrogens is 568 g/mol. The van der Waals surface area contributed by atoms with Crippen molar-refractivity contribution in [2.24, 2.45) is 4.99 Å². The molecule has 0 bridgehead atoms. The molecule has 2 aromatic carbocycles. The summed E-state index contributed by atoms with van der Waals surface area (Å²) in [5, 5.41) is 22.5. The van der Waals surface area contributed by atoms with E-state index in [0.717, 1.165) is 45.9 Å².